The molecule has 7 heteroatoms. The molecule has 1 aliphatic heterocycles. The average molecular weight is 207 g/mol. The topological polar surface area (TPSA) is 137 Å². The summed E-state index contributed by atoms with van der Waals surface area (Å²) in [7, 11) is 0. The molecule has 14 heavy (non-hydrogen) atoms. The molecule has 1 saturated heterocycles. The molecule has 0 aromatic carbocycles. The number of nitrogens with two attached hydrogens (primary N) is 3. The van der Waals surface area contributed by atoms with E-state index in [1.165, 1.54) is 0 Å². The zero-order valence-electron chi connectivity index (χ0n) is 7.74. The van der Waals surface area contributed by atoms with E-state index < -0.39 is 30.6 Å². The largest absolute Gasteiger partial charge is 0.396 e. The Hall–Kier alpha value is -0.280. The maximum absolute atomic E-state index is 9.63. The molecule has 0 radical (unpaired) electrons. The predicted molar refractivity (Wildman–Crippen MR) is 47.6 cm³/mol. The van der Waals surface area contributed by atoms with Crippen LogP contribution in [0.25, 0.3) is 0 Å². The van der Waals surface area contributed by atoms with Gasteiger partial charge in [-0.2, -0.15) is 0 Å². The lowest BCUT2D eigenvalue weighted by molar-refractivity contribution is -0.200. The summed E-state index contributed by atoms with van der Waals surface area (Å²) in [4.78, 5) is 4.57. The average Bonchev–Trinajstić information content (AvgIpc) is 2.16. The van der Waals surface area contributed by atoms with Gasteiger partial charge in [-0.3, -0.25) is 4.84 Å². The Labute approximate surface area is 81.7 Å². The van der Waals surface area contributed by atoms with Crippen molar-refractivity contribution >= 4 is 0 Å². The summed E-state index contributed by atoms with van der Waals surface area (Å²) in [5.41, 5.74) is 11.1. The van der Waals surface area contributed by atoms with Crippen LogP contribution < -0.4 is 17.4 Å². The number of aliphatic hydroxyl groups is 2. The minimum Gasteiger partial charge on any atom is -0.396 e. The third kappa shape index (κ3) is 2.20. The molecule has 3 unspecified atom stereocenters. The van der Waals surface area contributed by atoms with E-state index in [9.17, 15) is 5.11 Å². The lowest BCUT2D eigenvalue weighted by Crippen LogP contribution is -2.64. The molecule has 0 amide bonds. The quantitative estimate of drug-likeness (QED) is 0.311. The molecule has 0 saturated carbocycles. The van der Waals surface area contributed by atoms with Crippen molar-refractivity contribution in [3.63, 3.8) is 0 Å². The fourth-order valence-electron chi connectivity index (χ4n) is 1.53. The van der Waals surface area contributed by atoms with Crippen LogP contribution in [0.5, 0.6) is 0 Å². The normalized spacial score (nSPS) is 43.9. The standard InChI is InChI=1S/C7H17N3O4/c8-4-5(12)6(14-10)3(1-2-11)13-7(4)9/h3-7,11-12H,1-2,8-10H2/t3?,4?,5?,6-,7-/m1/s1. The SMILES string of the molecule is NO[C@@H]1C(CCO)O[C@@H](N)C(N)C1O. The first-order chi connectivity index (χ1) is 6.61. The summed E-state index contributed by atoms with van der Waals surface area (Å²) < 4.78 is 5.24. The van der Waals surface area contributed by atoms with Gasteiger partial charge in [0.1, 0.15) is 18.4 Å². The molecule has 0 aromatic heterocycles. The van der Waals surface area contributed by atoms with E-state index in [2.05, 4.69) is 4.84 Å². The first-order valence-electron chi connectivity index (χ1n) is 4.43. The first kappa shape index (κ1) is 11.8. The highest BCUT2D eigenvalue weighted by Crippen LogP contribution is 2.21. The maximum atomic E-state index is 9.63. The second-order valence-corrected chi connectivity index (χ2v) is 3.32. The minimum atomic E-state index is -0.986. The van der Waals surface area contributed by atoms with Gasteiger partial charge in [0, 0.05) is 6.61 Å². The van der Waals surface area contributed by atoms with Crippen molar-refractivity contribution in [2.45, 2.75) is 37.0 Å². The number of ether oxygens (including phenoxy) is 1. The molecular formula is C7H17N3O4. The van der Waals surface area contributed by atoms with E-state index >= 15 is 0 Å². The molecule has 8 N–H and O–H groups in total. The smallest absolute Gasteiger partial charge is 0.132 e. The summed E-state index contributed by atoms with van der Waals surface area (Å²) in [5, 5.41) is 18.4. The summed E-state index contributed by atoms with van der Waals surface area (Å²) in [6.45, 7) is -0.0980. The van der Waals surface area contributed by atoms with Gasteiger partial charge >= 0.3 is 0 Å². The first-order valence-corrected chi connectivity index (χ1v) is 4.43. The molecule has 1 aliphatic rings. The van der Waals surface area contributed by atoms with Crippen molar-refractivity contribution in [1.29, 1.82) is 0 Å². The highest BCUT2D eigenvalue weighted by molar-refractivity contribution is 4.93. The number of aliphatic hydroxyl groups excluding tert-OH is 2. The molecule has 5 atom stereocenters. The Kier molecular flexibility index (Phi) is 4.20. The molecule has 1 rings (SSSR count). The third-order valence-electron chi connectivity index (χ3n) is 2.38. The van der Waals surface area contributed by atoms with Gasteiger partial charge in [-0.25, -0.2) is 5.90 Å². The molecule has 84 valence electrons. The second kappa shape index (κ2) is 4.99. The highest BCUT2D eigenvalue weighted by atomic mass is 16.7. The highest BCUT2D eigenvalue weighted by Gasteiger charge is 2.42. The number of rotatable bonds is 3. The molecule has 0 spiro atoms. The lowest BCUT2D eigenvalue weighted by Gasteiger charge is -2.40. The number of hydrogen-bond donors (Lipinski definition) is 5. The Morgan fingerprint density at radius 3 is 2.50 bits per heavy atom. The van der Waals surface area contributed by atoms with E-state index in [4.69, 9.17) is 27.2 Å². The van der Waals surface area contributed by atoms with Gasteiger partial charge in [0.15, 0.2) is 0 Å². The third-order valence-corrected chi connectivity index (χ3v) is 2.38. The number of hydrogen-bond acceptors (Lipinski definition) is 7. The van der Waals surface area contributed by atoms with Crippen LogP contribution in [-0.4, -0.2) is 47.4 Å². The van der Waals surface area contributed by atoms with Crippen molar-refractivity contribution in [2.24, 2.45) is 17.4 Å². The van der Waals surface area contributed by atoms with Gasteiger partial charge in [-0.1, -0.05) is 0 Å². The fourth-order valence-corrected chi connectivity index (χ4v) is 1.53. The Balaban J connectivity index is 2.66. The van der Waals surface area contributed by atoms with E-state index in [1.54, 1.807) is 0 Å². The second-order valence-electron chi connectivity index (χ2n) is 3.32. The summed E-state index contributed by atoms with van der Waals surface area (Å²) in [6, 6.07) is -0.738. The van der Waals surface area contributed by atoms with Crippen molar-refractivity contribution in [2.75, 3.05) is 6.61 Å². The minimum absolute atomic E-state index is 0.0980. The monoisotopic (exact) mass is 207 g/mol. The summed E-state index contributed by atoms with van der Waals surface area (Å²) >= 11 is 0. The van der Waals surface area contributed by atoms with Crippen LogP contribution in [0.4, 0.5) is 0 Å². The van der Waals surface area contributed by atoms with E-state index in [0.29, 0.717) is 6.42 Å². The van der Waals surface area contributed by atoms with Crippen LogP contribution in [0, 0.1) is 0 Å². The Bertz CT molecular complexity index is 182. The van der Waals surface area contributed by atoms with Crippen LogP contribution in [0.1, 0.15) is 6.42 Å². The van der Waals surface area contributed by atoms with Crippen LogP contribution in [0.15, 0.2) is 0 Å². The zero-order valence-corrected chi connectivity index (χ0v) is 7.74. The molecule has 1 fully saturated rings. The van der Waals surface area contributed by atoms with Crippen LogP contribution in [-0.2, 0) is 9.57 Å². The molecule has 0 aliphatic carbocycles. The van der Waals surface area contributed by atoms with Gasteiger partial charge in [0.2, 0.25) is 0 Å². The maximum Gasteiger partial charge on any atom is 0.132 e. The van der Waals surface area contributed by atoms with E-state index in [1.807, 2.05) is 0 Å². The molecule has 0 bridgehead atoms. The van der Waals surface area contributed by atoms with Gasteiger partial charge in [0.05, 0.1) is 12.1 Å². The van der Waals surface area contributed by atoms with Gasteiger partial charge < -0.3 is 26.4 Å². The van der Waals surface area contributed by atoms with Crippen LogP contribution in [0.2, 0.25) is 0 Å². The lowest BCUT2D eigenvalue weighted by atomic mass is 9.95. The van der Waals surface area contributed by atoms with Crippen LogP contribution in [0.3, 0.4) is 0 Å². The van der Waals surface area contributed by atoms with Gasteiger partial charge in [-0.05, 0) is 6.42 Å². The predicted octanol–water partition coefficient (Wildman–Crippen LogP) is -3.00. The van der Waals surface area contributed by atoms with Crippen molar-refractivity contribution in [3.05, 3.63) is 0 Å². The van der Waals surface area contributed by atoms with Crippen LogP contribution >= 0.6 is 0 Å². The van der Waals surface area contributed by atoms with E-state index in [-0.39, 0.29) is 6.61 Å². The van der Waals surface area contributed by atoms with Crippen molar-refractivity contribution in [3.8, 4) is 0 Å². The molecule has 7 nitrogen and oxygen atoms in total. The fraction of sp³-hybridized carbons (Fsp3) is 1.00. The summed E-state index contributed by atoms with van der Waals surface area (Å²) in [5.74, 6) is 5.00. The van der Waals surface area contributed by atoms with Crippen molar-refractivity contribution in [1.82, 2.24) is 0 Å². The molecule has 1 heterocycles. The van der Waals surface area contributed by atoms with E-state index in [0.717, 1.165) is 0 Å². The van der Waals surface area contributed by atoms with Crippen molar-refractivity contribution < 1.29 is 19.8 Å². The van der Waals surface area contributed by atoms with Gasteiger partial charge in [-0.15, -0.1) is 0 Å². The Morgan fingerprint density at radius 2 is 2.00 bits per heavy atom. The molecular weight excluding hydrogens is 190 g/mol. The summed E-state index contributed by atoms with van der Waals surface area (Å²) in [6.07, 6.45) is -2.75. The zero-order chi connectivity index (χ0) is 10.7. The Morgan fingerprint density at radius 1 is 1.36 bits per heavy atom. The molecule has 0 aromatic rings. The van der Waals surface area contributed by atoms with Gasteiger partial charge in [0.25, 0.3) is 0 Å².